The van der Waals surface area contributed by atoms with Crippen molar-refractivity contribution in [3.05, 3.63) is 28.5 Å². The van der Waals surface area contributed by atoms with Crippen LogP contribution >= 0.6 is 27.5 Å². The molecule has 1 aromatic carbocycles. The standard InChI is InChI=1S/C13H17BrClN3O2S/c1-9(15)13-17-11-5-4-10(14)8-12(11)18(13)7-3-6-16-21(2,19)20/h4-5,8-9,16H,3,6-7H2,1-2H3. The number of sulfonamides is 1. The molecule has 0 spiro atoms. The Morgan fingerprint density at radius 3 is 2.81 bits per heavy atom. The van der Waals surface area contributed by atoms with Crippen LogP contribution in [0.5, 0.6) is 0 Å². The highest BCUT2D eigenvalue weighted by atomic mass is 79.9. The Morgan fingerprint density at radius 2 is 2.19 bits per heavy atom. The Labute approximate surface area is 137 Å². The van der Waals surface area contributed by atoms with Crippen molar-refractivity contribution in [2.24, 2.45) is 0 Å². The summed E-state index contributed by atoms with van der Waals surface area (Å²) < 4.78 is 27.6. The van der Waals surface area contributed by atoms with E-state index in [1.54, 1.807) is 0 Å². The van der Waals surface area contributed by atoms with Crippen LogP contribution in [-0.4, -0.2) is 30.8 Å². The molecular weight excluding hydrogens is 378 g/mol. The highest BCUT2D eigenvalue weighted by molar-refractivity contribution is 9.10. The molecule has 1 unspecified atom stereocenters. The summed E-state index contributed by atoms with van der Waals surface area (Å²) in [5.41, 5.74) is 1.88. The highest BCUT2D eigenvalue weighted by Crippen LogP contribution is 2.26. The summed E-state index contributed by atoms with van der Waals surface area (Å²) in [6, 6.07) is 5.87. The Morgan fingerprint density at radius 1 is 1.48 bits per heavy atom. The number of hydrogen-bond acceptors (Lipinski definition) is 3. The van der Waals surface area contributed by atoms with E-state index >= 15 is 0 Å². The monoisotopic (exact) mass is 393 g/mol. The molecule has 8 heteroatoms. The Kier molecular flexibility index (Phi) is 5.29. The lowest BCUT2D eigenvalue weighted by atomic mass is 10.3. The first kappa shape index (κ1) is 16.7. The number of alkyl halides is 1. The third-order valence-electron chi connectivity index (χ3n) is 3.02. The summed E-state index contributed by atoms with van der Waals surface area (Å²) in [7, 11) is -3.15. The second-order valence-electron chi connectivity index (χ2n) is 4.89. The van der Waals surface area contributed by atoms with E-state index in [0.717, 1.165) is 27.6 Å². The van der Waals surface area contributed by atoms with Gasteiger partial charge in [-0.25, -0.2) is 18.1 Å². The second-order valence-corrected chi connectivity index (χ2v) is 8.29. The number of hydrogen-bond donors (Lipinski definition) is 1. The average Bonchev–Trinajstić information content (AvgIpc) is 2.72. The molecule has 0 aliphatic carbocycles. The molecule has 0 radical (unpaired) electrons. The van der Waals surface area contributed by atoms with Gasteiger partial charge in [0.2, 0.25) is 10.0 Å². The van der Waals surface area contributed by atoms with Crippen LogP contribution in [0.3, 0.4) is 0 Å². The molecule has 1 aromatic heterocycles. The zero-order valence-electron chi connectivity index (χ0n) is 11.8. The zero-order chi connectivity index (χ0) is 15.6. The van der Waals surface area contributed by atoms with E-state index < -0.39 is 10.0 Å². The molecule has 21 heavy (non-hydrogen) atoms. The maximum Gasteiger partial charge on any atom is 0.208 e. The van der Waals surface area contributed by atoms with E-state index in [1.165, 1.54) is 0 Å². The smallest absolute Gasteiger partial charge is 0.208 e. The lowest BCUT2D eigenvalue weighted by Gasteiger charge is -2.10. The molecule has 2 aromatic rings. The molecule has 0 fully saturated rings. The van der Waals surface area contributed by atoms with Gasteiger partial charge in [0.05, 0.1) is 22.7 Å². The van der Waals surface area contributed by atoms with Gasteiger partial charge in [-0.15, -0.1) is 11.6 Å². The van der Waals surface area contributed by atoms with E-state index in [2.05, 4.69) is 25.6 Å². The number of benzene rings is 1. The first-order chi connectivity index (χ1) is 9.78. The molecule has 1 N–H and O–H groups in total. The lowest BCUT2D eigenvalue weighted by molar-refractivity contribution is 0.573. The summed E-state index contributed by atoms with van der Waals surface area (Å²) in [5, 5.41) is -0.209. The van der Waals surface area contributed by atoms with Gasteiger partial charge in [0.15, 0.2) is 0 Å². The first-order valence-electron chi connectivity index (χ1n) is 6.52. The number of halogens is 2. The normalized spacial score (nSPS) is 13.7. The number of nitrogens with one attached hydrogen (secondary N) is 1. The van der Waals surface area contributed by atoms with Gasteiger partial charge in [-0.3, -0.25) is 0 Å². The van der Waals surface area contributed by atoms with Gasteiger partial charge < -0.3 is 4.57 Å². The molecular formula is C13H17BrClN3O2S. The van der Waals surface area contributed by atoms with Crippen LogP contribution in [-0.2, 0) is 16.6 Å². The van der Waals surface area contributed by atoms with Gasteiger partial charge in [-0.1, -0.05) is 15.9 Å². The van der Waals surface area contributed by atoms with Crippen LogP contribution in [0.15, 0.2) is 22.7 Å². The number of rotatable bonds is 6. The Hall–Kier alpha value is -0.630. The fourth-order valence-corrected chi connectivity index (χ4v) is 3.18. The van der Waals surface area contributed by atoms with Gasteiger partial charge in [0.25, 0.3) is 0 Å². The number of aryl methyl sites for hydroxylation is 1. The summed E-state index contributed by atoms with van der Waals surface area (Å²) in [4.78, 5) is 4.55. The highest BCUT2D eigenvalue weighted by Gasteiger charge is 2.15. The van der Waals surface area contributed by atoms with Crippen molar-refractivity contribution < 1.29 is 8.42 Å². The molecule has 2 rings (SSSR count). The summed E-state index contributed by atoms with van der Waals surface area (Å²) in [6.45, 7) is 2.92. The van der Waals surface area contributed by atoms with E-state index in [1.807, 2.05) is 29.7 Å². The number of fused-ring (bicyclic) bond motifs is 1. The SMILES string of the molecule is CC(Cl)c1nc2ccc(Br)cc2n1CCCNS(C)(=O)=O. The summed E-state index contributed by atoms with van der Waals surface area (Å²) in [5.74, 6) is 0.795. The summed E-state index contributed by atoms with van der Waals surface area (Å²) >= 11 is 9.65. The predicted octanol–water partition coefficient (Wildman–Crippen LogP) is 3.04. The summed E-state index contributed by atoms with van der Waals surface area (Å²) in [6.07, 6.45) is 1.82. The Balaban J connectivity index is 2.24. The van der Waals surface area contributed by atoms with E-state index in [4.69, 9.17) is 11.6 Å². The lowest BCUT2D eigenvalue weighted by Crippen LogP contribution is -2.24. The topological polar surface area (TPSA) is 64.0 Å². The van der Waals surface area contributed by atoms with E-state index in [-0.39, 0.29) is 5.38 Å². The van der Waals surface area contributed by atoms with Crippen molar-refractivity contribution in [2.45, 2.75) is 25.3 Å². The molecule has 0 saturated carbocycles. The van der Waals surface area contributed by atoms with Crippen molar-refractivity contribution in [3.8, 4) is 0 Å². The largest absolute Gasteiger partial charge is 0.327 e. The number of nitrogens with zero attached hydrogens (tertiary/aromatic N) is 2. The van der Waals surface area contributed by atoms with Crippen molar-refractivity contribution in [1.82, 2.24) is 14.3 Å². The quantitative estimate of drug-likeness (QED) is 0.605. The van der Waals surface area contributed by atoms with Crippen LogP contribution < -0.4 is 4.72 Å². The van der Waals surface area contributed by atoms with Gasteiger partial charge in [-0.2, -0.15) is 0 Å². The zero-order valence-corrected chi connectivity index (χ0v) is 15.0. The first-order valence-corrected chi connectivity index (χ1v) is 9.64. The van der Waals surface area contributed by atoms with Gasteiger partial charge in [0, 0.05) is 17.6 Å². The van der Waals surface area contributed by atoms with Gasteiger partial charge in [0.1, 0.15) is 5.82 Å². The average molecular weight is 395 g/mol. The third-order valence-corrected chi connectivity index (χ3v) is 4.44. The molecule has 1 atom stereocenters. The van der Waals surface area contributed by atoms with Crippen molar-refractivity contribution in [1.29, 1.82) is 0 Å². The maximum absolute atomic E-state index is 11.1. The van der Waals surface area contributed by atoms with Gasteiger partial charge >= 0.3 is 0 Å². The number of imidazole rings is 1. The molecule has 5 nitrogen and oxygen atoms in total. The molecule has 0 saturated heterocycles. The van der Waals surface area contributed by atoms with Crippen LogP contribution in [0.2, 0.25) is 0 Å². The van der Waals surface area contributed by atoms with Crippen LogP contribution in [0.4, 0.5) is 0 Å². The van der Waals surface area contributed by atoms with Crippen LogP contribution in [0, 0.1) is 0 Å². The minimum absolute atomic E-state index is 0.209. The fraction of sp³-hybridized carbons (Fsp3) is 0.462. The second kappa shape index (κ2) is 6.64. The van der Waals surface area contributed by atoms with Crippen molar-refractivity contribution in [2.75, 3.05) is 12.8 Å². The fourth-order valence-electron chi connectivity index (χ4n) is 2.15. The molecule has 0 aliphatic heterocycles. The number of aromatic nitrogens is 2. The van der Waals surface area contributed by atoms with Crippen LogP contribution in [0.25, 0.3) is 11.0 Å². The van der Waals surface area contributed by atoms with Gasteiger partial charge in [-0.05, 0) is 31.5 Å². The minimum atomic E-state index is -3.15. The van der Waals surface area contributed by atoms with Crippen molar-refractivity contribution >= 4 is 48.6 Å². The molecule has 0 aliphatic rings. The predicted molar refractivity (Wildman–Crippen MR) is 89.2 cm³/mol. The van der Waals surface area contributed by atoms with Crippen LogP contribution in [0.1, 0.15) is 24.5 Å². The minimum Gasteiger partial charge on any atom is -0.327 e. The molecule has 0 amide bonds. The third kappa shape index (κ3) is 4.42. The van der Waals surface area contributed by atoms with E-state index in [9.17, 15) is 8.42 Å². The maximum atomic E-state index is 11.1. The Bertz CT molecular complexity index is 743. The molecule has 0 bridgehead atoms. The molecule has 116 valence electrons. The van der Waals surface area contributed by atoms with E-state index in [0.29, 0.717) is 19.5 Å². The van der Waals surface area contributed by atoms with Crippen molar-refractivity contribution in [3.63, 3.8) is 0 Å². The molecule has 1 heterocycles.